The van der Waals surface area contributed by atoms with Gasteiger partial charge in [-0.15, -0.1) is 0 Å². The average molecular weight is 640 g/mol. The molecule has 1 aliphatic carbocycles. The van der Waals surface area contributed by atoms with Crippen LogP contribution in [0.5, 0.6) is 5.75 Å². The van der Waals surface area contributed by atoms with Gasteiger partial charge in [-0.2, -0.15) is 5.01 Å². The predicted octanol–water partition coefficient (Wildman–Crippen LogP) is 4.74. The maximum Gasteiger partial charge on any atom is 0.352 e. The zero-order chi connectivity index (χ0) is 33.3. The highest BCUT2D eigenvalue weighted by molar-refractivity contribution is 6.12. The number of fused-ring (bicyclic) bond motifs is 4. The number of nitrogens with zero attached hydrogens (tertiary/aromatic N) is 4. The first-order valence-corrected chi connectivity index (χ1v) is 16.0. The van der Waals surface area contributed by atoms with Gasteiger partial charge >= 0.3 is 11.4 Å². The van der Waals surface area contributed by atoms with Crippen LogP contribution in [-0.4, -0.2) is 35.9 Å². The van der Waals surface area contributed by atoms with Crippen molar-refractivity contribution in [3.63, 3.8) is 0 Å². The van der Waals surface area contributed by atoms with Gasteiger partial charge in [-0.25, -0.2) is 23.5 Å². The van der Waals surface area contributed by atoms with Crippen LogP contribution < -0.4 is 16.8 Å². The van der Waals surface area contributed by atoms with Crippen molar-refractivity contribution >= 4 is 17.5 Å². The van der Waals surface area contributed by atoms with E-state index in [1.165, 1.54) is 9.36 Å². The summed E-state index contributed by atoms with van der Waals surface area (Å²) in [5, 5.41) is 12.8. The van der Waals surface area contributed by atoms with E-state index in [0.29, 0.717) is 33.6 Å². The molecular formula is C38H33N5O5. The van der Waals surface area contributed by atoms with Gasteiger partial charge < -0.3 is 5.11 Å². The lowest BCUT2D eigenvalue weighted by Gasteiger charge is -2.49. The summed E-state index contributed by atoms with van der Waals surface area (Å²) in [7, 11) is 0. The Balaban J connectivity index is 1.39. The lowest BCUT2D eigenvalue weighted by Crippen LogP contribution is -2.53. The van der Waals surface area contributed by atoms with Gasteiger partial charge in [-0.05, 0) is 61.2 Å². The molecule has 8 rings (SSSR count). The quantitative estimate of drug-likeness (QED) is 0.212. The van der Waals surface area contributed by atoms with E-state index in [1.54, 1.807) is 43.3 Å². The van der Waals surface area contributed by atoms with Crippen LogP contribution in [0.1, 0.15) is 40.6 Å². The molecule has 0 bridgehead atoms. The summed E-state index contributed by atoms with van der Waals surface area (Å²) in [4.78, 5) is 57.8. The van der Waals surface area contributed by atoms with Gasteiger partial charge in [0.1, 0.15) is 5.75 Å². The second kappa shape index (κ2) is 10.8. The minimum Gasteiger partial charge on any atom is -0.507 e. The Hall–Kier alpha value is -5.90. The molecule has 240 valence electrons. The Kier molecular flexibility index (Phi) is 6.66. The molecule has 2 fully saturated rings. The predicted molar refractivity (Wildman–Crippen MR) is 180 cm³/mol. The second-order valence-corrected chi connectivity index (χ2v) is 12.8. The molecule has 1 aromatic heterocycles. The molecule has 2 N–H and O–H groups in total. The SMILES string of the molecule is Cc1ccc(NN2C(=O)C3CC4C(=CCn5c(=O)n(-c6ccccc6)c(=O)n54)C(c4cccc(C)c4O)C3(c3ccccc3)C2=O)cc1. The number of phenols is 1. The van der Waals surface area contributed by atoms with Crippen LogP contribution in [0.15, 0.2) is 124 Å². The van der Waals surface area contributed by atoms with Crippen LogP contribution in [0, 0.1) is 19.8 Å². The highest BCUT2D eigenvalue weighted by Crippen LogP contribution is 2.62. The van der Waals surface area contributed by atoms with Crippen LogP contribution in [-0.2, 0) is 21.5 Å². The van der Waals surface area contributed by atoms with E-state index >= 15 is 4.79 Å². The fourth-order valence-corrected chi connectivity index (χ4v) is 8.07. The normalized spacial score (nSPS) is 22.9. The number of rotatable bonds is 5. The van der Waals surface area contributed by atoms with E-state index in [0.717, 1.165) is 15.1 Å². The van der Waals surface area contributed by atoms with Crippen LogP contribution in [0.2, 0.25) is 0 Å². The summed E-state index contributed by atoms with van der Waals surface area (Å²) in [5.41, 5.74) is 5.03. The number of imide groups is 1. The van der Waals surface area contributed by atoms with Gasteiger partial charge in [0.15, 0.2) is 0 Å². The number of benzene rings is 4. The molecule has 3 aliphatic rings. The van der Waals surface area contributed by atoms with Crippen LogP contribution in [0.25, 0.3) is 5.69 Å². The number of aromatic nitrogens is 3. The summed E-state index contributed by atoms with van der Waals surface area (Å²) in [6.45, 7) is 3.82. The number of allylic oxidation sites excluding steroid dienone is 2. The molecule has 0 spiro atoms. The number of anilines is 1. The third-order valence-corrected chi connectivity index (χ3v) is 10.3. The molecule has 48 heavy (non-hydrogen) atoms. The first kappa shape index (κ1) is 29.5. The summed E-state index contributed by atoms with van der Waals surface area (Å²) in [5.74, 6) is -2.69. The molecular weight excluding hydrogens is 606 g/mol. The number of aryl methyl sites for hydroxylation is 2. The molecule has 10 nitrogen and oxygen atoms in total. The number of hydrazine groups is 1. The van der Waals surface area contributed by atoms with Gasteiger partial charge in [-0.1, -0.05) is 90.5 Å². The minimum atomic E-state index is -1.47. The Morgan fingerprint density at radius 1 is 0.792 bits per heavy atom. The van der Waals surface area contributed by atoms with Crippen molar-refractivity contribution in [3.05, 3.63) is 158 Å². The third-order valence-electron chi connectivity index (χ3n) is 10.3. The zero-order valence-corrected chi connectivity index (χ0v) is 26.4. The highest BCUT2D eigenvalue weighted by atomic mass is 16.3. The molecule has 5 aromatic rings. The van der Waals surface area contributed by atoms with Gasteiger partial charge in [0, 0.05) is 11.5 Å². The van der Waals surface area contributed by atoms with E-state index in [2.05, 4.69) is 5.43 Å². The fourth-order valence-electron chi connectivity index (χ4n) is 8.07. The number of phenolic OH excluding ortho intramolecular Hbond substituents is 1. The molecule has 2 aliphatic heterocycles. The van der Waals surface area contributed by atoms with Crippen molar-refractivity contribution in [1.29, 1.82) is 0 Å². The maximum absolute atomic E-state index is 15.2. The number of hydrogen-bond donors (Lipinski definition) is 2. The first-order valence-electron chi connectivity index (χ1n) is 16.0. The molecule has 1 saturated heterocycles. The monoisotopic (exact) mass is 639 g/mol. The van der Waals surface area contributed by atoms with E-state index < -0.39 is 46.5 Å². The van der Waals surface area contributed by atoms with Crippen LogP contribution in [0.3, 0.4) is 0 Å². The van der Waals surface area contributed by atoms with Crippen molar-refractivity contribution < 1.29 is 14.7 Å². The van der Waals surface area contributed by atoms with Crippen molar-refractivity contribution in [3.8, 4) is 11.4 Å². The van der Waals surface area contributed by atoms with E-state index in [-0.39, 0.29) is 18.7 Å². The van der Waals surface area contributed by atoms with Gasteiger partial charge in [0.05, 0.1) is 35.3 Å². The Morgan fingerprint density at radius 3 is 2.19 bits per heavy atom. The Bertz CT molecular complexity index is 2250. The molecule has 4 atom stereocenters. The molecule has 1 saturated carbocycles. The number of carbonyl (C=O) groups is 2. The summed E-state index contributed by atoms with van der Waals surface area (Å²) < 4.78 is 3.98. The largest absolute Gasteiger partial charge is 0.507 e. The van der Waals surface area contributed by atoms with Crippen molar-refractivity contribution in [1.82, 2.24) is 18.9 Å². The topological polar surface area (TPSA) is 119 Å². The number of carbonyl (C=O) groups excluding carboxylic acids is 2. The van der Waals surface area contributed by atoms with Crippen LogP contribution >= 0.6 is 0 Å². The summed E-state index contributed by atoms with van der Waals surface area (Å²) in [6.07, 6.45) is 1.97. The molecule has 4 unspecified atom stereocenters. The third kappa shape index (κ3) is 4.05. The summed E-state index contributed by atoms with van der Waals surface area (Å²) in [6, 6.07) is 30.0. The number of nitrogens with one attached hydrogen (secondary N) is 1. The number of para-hydroxylation sites is 2. The molecule has 0 radical (unpaired) electrons. The van der Waals surface area contributed by atoms with E-state index in [9.17, 15) is 19.5 Å². The number of amides is 2. The number of hydrogen-bond acceptors (Lipinski definition) is 6. The van der Waals surface area contributed by atoms with Crippen molar-refractivity contribution in [2.45, 2.75) is 44.2 Å². The van der Waals surface area contributed by atoms with Gasteiger partial charge in [0.2, 0.25) is 0 Å². The highest BCUT2D eigenvalue weighted by Gasteiger charge is 2.69. The van der Waals surface area contributed by atoms with Crippen molar-refractivity contribution in [2.75, 3.05) is 5.43 Å². The van der Waals surface area contributed by atoms with E-state index in [4.69, 9.17) is 0 Å². The Morgan fingerprint density at radius 2 is 1.48 bits per heavy atom. The molecule has 3 heterocycles. The average Bonchev–Trinajstić information content (AvgIpc) is 3.48. The van der Waals surface area contributed by atoms with Gasteiger partial charge in [0.25, 0.3) is 11.8 Å². The molecule has 4 aromatic carbocycles. The zero-order valence-electron chi connectivity index (χ0n) is 26.4. The first-order chi connectivity index (χ1) is 23.2. The smallest absolute Gasteiger partial charge is 0.352 e. The second-order valence-electron chi connectivity index (χ2n) is 12.8. The number of aromatic hydroxyl groups is 1. The van der Waals surface area contributed by atoms with E-state index in [1.807, 2.05) is 79.7 Å². The minimum absolute atomic E-state index is 0.0143. The van der Waals surface area contributed by atoms with Crippen molar-refractivity contribution in [2.24, 2.45) is 5.92 Å². The Labute approximate surface area is 275 Å². The maximum atomic E-state index is 15.2. The standard InChI is InChI=1S/C38H33N5O5/c1-23-16-18-26(19-17-23)39-42-34(45)30-22-31-28(20-21-40-36(47)41(37(48)43(31)40)27-13-7-4-8-14-27)32(29-15-9-10-24(2)33(29)44)38(30,35(42)46)25-11-5-3-6-12-25/h3-20,30-32,39,44H,21-22H2,1-2H3. The summed E-state index contributed by atoms with van der Waals surface area (Å²) >= 11 is 0. The lowest BCUT2D eigenvalue weighted by atomic mass is 9.53. The lowest BCUT2D eigenvalue weighted by molar-refractivity contribution is -0.138. The molecule has 10 heteroatoms. The fraction of sp³-hybridized carbons (Fsp3) is 0.211. The molecule has 2 amide bonds. The van der Waals surface area contributed by atoms with Gasteiger partial charge in [-0.3, -0.25) is 15.0 Å². The van der Waals surface area contributed by atoms with Crippen LogP contribution in [0.4, 0.5) is 5.69 Å².